The molecule has 0 atom stereocenters. The maximum absolute atomic E-state index is 13.6. The molecule has 8 nitrogen and oxygen atoms in total. The maximum atomic E-state index is 13.6. The first-order chi connectivity index (χ1) is 15.0. The lowest BCUT2D eigenvalue weighted by Gasteiger charge is -2.18. The second kappa shape index (κ2) is 7.31. The summed E-state index contributed by atoms with van der Waals surface area (Å²) in [6.07, 6.45) is 7.32. The first kappa shape index (κ1) is 19.4. The number of carbonyl (C=O) groups is 1. The van der Waals surface area contributed by atoms with Gasteiger partial charge in [0.05, 0.1) is 29.8 Å². The van der Waals surface area contributed by atoms with Crippen LogP contribution in [0, 0.1) is 0 Å². The van der Waals surface area contributed by atoms with Crippen molar-refractivity contribution in [3.63, 3.8) is 0 Å². The monoisotopic (exact) mass is 416 g/mol. The third kappa shape index (κ3) is 3.29. The minimum atomic E-state index is -0.245. The zero-order valence-corrected chi connectivity index (χ0v) is 17.6. The molecule has 8 heteroatoms. The summed E-state index contributed by atoms with van der Waals surface area (Å²) in [6.45, 7) is 3.29. The third-order valence-corrected chi connectivity index (χ3v) is 5.96. The van der Waals surface area contributed by atoms with Gasteiger partial charge in [0.1, 0.15) is 17.8 Å². The number of nitrogens with zero attached hydrogens (tertiary/aromatic N) is 4. The number of aromatic nitrogens is 3. The summed E-state index contributed by atoms with van der Waals surface area (Å²) in [4.78, 5) is 26.7. The molecule has 158 valence electrons. The van der Waals surface area contributed by atoms with E-state index in [0.29, 0.717) is 41.3 Å². The average molecular weight is 416 g/mol. The number of carbonyl (C=O) groups excluding carboxylic acids is 1. The molecule has 3 N–H and O–H groups in total. The molecule has 1 saturated carbocycles. The molecule has 3 heterocycles. The first-order valence-corrected chi connectivity index (χ1v) is 10.3. The maximum Gasteiger partial charge on any atom is 0.258 e. The highest BCUT2D eigenvalue weighted by atomic mass is 16.5. The molecule has 2 aromatic heterocycles. The van der Waals surface area contributed by atoms with Crippen molar-refractivity contribution in [3.05, 3.63) is 53.5 Å². The molecule has 1 aliphatic carbocycles. The summed E-state index contributed by atoms with van der Waals surface area (Å²) in [5.74, 6) is 0.0515. The summed E-state index contributed by atoms with van der Waals surface area (Å²) >= 11 is 0. The molecular formula is C23H24N6O2. The van der Waals surface area contributed by atoms with E-state index < -0.39 is 0 Å². The van der Waals surface area contributed by atoms with Crippen molar-refractivity contribution in [2.45, 2.75) is 31.9 Å². The van der Waals surface area contributed by atoms with E-state index in [-0.39, 0.29) is 11.4 Å². The van der Waals surface area contributed by atoms with Crippen LogP contribution in [0.5, 0.6) is 0 Å². The fraction of sp³-hybridized carbons (Fsp3) is 0.304. The number of ether oxygens (including phenoxy) is 1. The van der Waals surface area contributed by atoms with Gasteiger partial charge in [0.25, 0.3) is 5.91 Å². The summed E-state index contributed by atoms with van der Waals surface area (Å²) in [7, 11) is 1.65. The standard InChI is InChI=1S/C23H24N6O2/c1-23(8-9-23)29-19(15-7-10-25-11-15)17(18-20(24)26-13-27-21(18)29)22(30)28-16-5-3-14(4-6-16)12-31-2/h3-7,11,13H,8-10,12H2,1-2H3,(H,28,30)(H2,24,26,27). The normalized spacial score (nSPS) is 16.5. The summed E-state index contributed by atoms with van der Waals surface area (Å²) in [5.41, 5.74) is 10.8. The van der Waals surface area contributed by atoms with Gasteiger partial charge in [0.2, 0.25) is 0 Å². The predicted octanol–water partition coefficient (Wildman–Crippen LogP) is 3.39. The molecule has 2 aliphatic rings. The zero-order chi connectivity index (χ0) is 21.6. The Kier molecular flexibility index (Phi) is 4.59. The highest BCUT2D eigenvalue weighted by molar-refractivity contribution is 6.23. The highest BCUT2D eigenvalue weighted by Gasteiger charge is 2.44. The number of hydrogen-bond donors (Lipinski definition) is 2. The Morgan fingerprint density at radius 2 is 2.03 bits per heavy atom. The number of amides is 1. The Balaban J connectivity index is 1.66. The molecule has 1 aromatic carbocycles. The van der Waals surface area contributed by atoms with Gasteiger partial charge in [-0.15, -0.1) is 0 Å². The quantitative estimate of drug-likeness (QED) is 0.640. The lowest BCUT2D eigenvalue weighted by Crippen LogP contribution is -2.19. The Hall–Kier alpha value is -3.52. The van der Waals surface area contributed by atoms with Crippen LogP contribution in [0.3, 0.4) is 0 Å². The van der Waals surface area contributed by atoms with Crippen LogP contribution >= 0.6 is 0 Å². The largest absolute Gasteiger partial charge is 0.383 e. The molecule has 0 saturated heterocycles. The Labute approximate surface area is 179 Å². The molecule has 0 spiro atoms. The van der Waals surface area contributed by atoms with Crippen molar-refractivity contribution in [1.82, 2.24) is 14.5 Å². The number of benzene rings is 1. The van der Waals surface area contributed by atoms with Crippen molar-refractivity contribution < 1.29 is 9.53 Å². The van der Waals surface area contributed by atoms with Gasteiger partial charge >= 0.3 is 0 Å². The lowest BCUT2D eigenvalue weighted by molar-refractivity contribution is 0.102. The van der Waals surface area contributed by atoms with Gasteiger partial charge in [-0.25, -0.2) is 9.97 Å². The van der Waals surface area contributed by atoms with Crippen LogP contribution in [0.4, 0.5) is 11.5 Å². The van der Waals surface area contributed by atoms with E-state index in [1.165, 1.54) is 6.33 Å². The van der Waals surface area contributed by atoms with Crippen molar-refractivity contribution in [2.75, 3.05) is 24.7 Å². The van der Waals surface area contributed by atoms with Crippen LogP contribution in [-0.2, 0) is 16.9 Å². The molecule has 1 aliphatic heterocycles. The van der Waals surface area contributed by atoms with E-state index in [1.807, 2.05) is 36.6 Å². The third-order valence-electron chi connectivity index (χ3n) is 5.96. The zero-order valence-electron chi connectivity index (χ0n) is 17.6. The van der Waals surface area contributed by atoms with E-state index in [1.54, 1.807) is 7.11 Å². The van der Waals surface area contributed by atoms with Crippen LogP contribution in [0.2, 0.25) is 0 Å². The number of nitrogens with one attached hydrogen (secondary N) is 1. The number of hydrogen-bond acceptors (Lipinski definition) is 6. The molecule has 31 heavy (non-hydrogen) atoms. The summed E-state index contributed by atoms with van der Waals surface area (Å²) < 4.78 is 7.31. The van der Waals surface area contributed by atoms with Crippen LogP contribution in [-0.4, -0.2) is 40.3 Å². The van der Waals surface area contributed by atoms with Crippen LogP contribution in [0.15, 0.2) is 41.7 Å². The Morgan fingerprint density at radius 3 is 2.68 bits per heavy atom. The van der Waals surface area contributed by atoms with Crippen LogP contribution in [0.1, 0.15) is 41.4 Å². The number of nitrogens with two attached hydrogens (primary N) is 1. The summed E-state index contributed by atoms with van der Waals surface area (Å²) in [5, 5.41) is 3.60. The van der Waals surface area contributed by atoms with Crippen molar-refractivity contribution in [2.24, 2.45) is 4.99 Å². The molecule has 0 radical (unpaired) electrons. The number of rotatable bonds is 6. The number of nitrogen functional groups attached to an aromatic ring is 1. The van der Waals surface area contributed by atoms with Gasteiger partial charge in [0.15, 0.2) is 0 Å². The molecule has 3 aromatic rings. The van der Waals surface area contributed by atoms with Gasteiger partial charge in [-0.05, 0) is 37.5 Å². The van der Waals surface area contributed by atoms with Crippen molar-refractivity contribution in [3.8, 4) is 0 Å². The predicted molar refractivity (Wildman–Crippen MR) is 121 cm³/mol. The van der Waals surface area contributed by atoms with Gasteiger partial charge in [0, 0.05) is 30.1 Å². The molecular weight excluding hydrogens is 392 g/mol. The number of anilines is 2. The van der Waals surface area contributed by atoms with Crippen molar-refractivity contribution >= 4 is 40.2 Å². The van der Waals surface area contributed by atoms with Gasteiger partial charge in [-0.1, -0.05) is 18.2 Å². The second-order valence-electron chi connectivity index (χ2n) is 8.25. The van der Waals surface area contributed by atoms with E-state index in [2.05, 4.69) is 31.8 Å². The minimum absolute atomic E-state index is 0.105. The first-order valence-electron chi connectivity index (χ1n) is 10.3. The fourth-order valence-electron chi connectivity index (χ4n) is 4.12. The smallest absolute Gasteiger partial charge is 0.258 e. The molecule has 1 amide bonds. The van der Waals surface area contributed by atoms with Gasteiger partial charge in [-0.2, -0.15) is 0 Å². The number of fused-ring (bicyclic) bond motifs is 1. The average Bonchev–Trinajstić information content (AvgIpc) is 3.18. The molecule has 0 unspecified atom stereocenters. The molecule has 0 bridgehead atoms. The van der Waals surface area contributed by atoms with E-state index in [0.717, 1.165) is 29.7 Å². The Morgan fingerprint density at radius 1 is 1.26 bits per heavy atom. The van der Waals surface area contributed by atoms with Crippen LogP contribution < -0.4 is 11.1 Å². The van der Waals surface area contributed by atoms with Gasteiger partial charge < -0.3 is 20.4 Å². The highest BCUT2D eigenvalue weighted by Crippen LogP contribution is 2.48. The van der Waals surface area contributed by atoms with E-state index >= 15 is 0 Å². The van der Waals surface area contributed by atoms with E-state index in [9.17, 15) is 4.79 Å². The van der Waals surface area contributed by atoms with Gasteiger partial charge in [-0.3, -0.25) is 9.79 Å². The fourth-order valence-corrected chi connectivity index (χ4v) is 4.12. The number of methoxy groups -OCH3 is 1. The molecule has 5 rings (SSSR count). The van der Waals surface area contributed by atoms with E-state index in [4.69, 9.17) is 10.5 Å². The number of allylic oxidation sites excluding steroid dienone is 1. The SMILES string of the molecule is COCc1ccc(NC(=O)c2c(C3=CCN=C3)n(C3(C)CC3)c3ncnc(N)c23)cc1. The molecule has 1 fully saturated rings. The summed E-state index contributed by atoms with van der Waals surface area (Å²) in [6, 6.07) is 7.59. The second-order valence-corrected chi connectivity index (χ2v) is 8.25. The topological polar surface area (TPSA) is 107 Å². The Bertz CT molecular complexity index is 1240. The number of aliphatic imine (C=N–C) groups is 1. The minimum Gasteiger partial charge on any atom is -0.383 e. The van der Waals surface area contributed by atoms with Crippen LogP contribution in [0.25, 0.3) is 16.6 Å². The van der Waals surface area contributed by atoms with Crippen molar-refractivity contribution in [1.29, 1.82) is 0 Å². The lowest BCUT2D eigenvalue weighted by atomic mass is 10.1.